The molecule has 1 N–H and O–H groups in total. The maximum atomic E-state index is 12.0. The van der Waals surface area contributed by atoms with Crippen LogP contribution in [0.25, 0.3) is 21.9 Å². The molecule has 2 nitrogen and oxygen atoms in total. The molecule has 0 saturated carbocycles. The van der Waals surface area contributed by atoms with E-state index >= 15 is 0 Å². The molecule has 0 amide bonds. The Balaban J connectivity index is 2.36. The average molecular weight is 235 g/mol. The van der Waals surface area contributed by atoms with Gasteiger partial charge < -0.3 is 4.98 Å². The maximum absolute atomic E-state index is 12.0. The molecule has 0 fully saturated rings. The zero-order valence-corrected chi connectivity index (χ0v) is 10.1. The number of benzene rings is 2. The summed E-state index contributed by atoms with van der Waals surface area (Å²) in [7, 11) is 0. The van der Waals surface area contributed by atoms with Gasteiger partial charge in [0.2, 0.25) is 0 Å². The Morgan fingerprint density at radius 1 is 0.944 bits per heavy atom. The Labute approximate surface area is 105 Å². The zero-order valence-electron chi connectivity index (χ0n) is 10.1. The summed E-state index contributed by atoms with van der Waals surface area (Å²) in [4.78, 5) is 14.7. The lowest BCUT2D eigenvalue weighted by Crippen LogP contribution is -2.05. The average Bonchev–Trinajstić information content (AvgIpc) is 2.39. The molecular weight excluding hydrogens is 222 g/mol. The zero-order chi connectivity index (χ0) is 12.5. The summed E-state index contributed by atoms with van der Waals surface area (Å²) in [5, 5.41) is 1.72. The summed E-state index contributed by atoms with van der Waals surface area (Å²) in [6, 6.07) is 16.1. The topological polar surface area (TPSA) is 32.9 Å². The molecule has 0 spiro atoms. The summed E-state index contributed by atoms with van der Waals surface area (Å²) in [6.45, 7) is 2.06. The molecule has 2 aromatic carbocycles. The lowest BCUT2D eigenvalue weighted by Gasteiger charge is -2.06. The normalized spacial score (nSPS) is 10.7. The largest absolute Gasteiger partial charge is 0.329 e. The lowest BCUT2D eigenvalue weighted by molar-refractivity contribution is 1.28. The fourth-order valence-electron chi connectivity index (χ4n) is 2.22. The Morgan fingerprint density at radius 2 is 1.72 bits per heavy atom. The van der Waals surface area contributed by atoms with Gasteiger partial charge in [0.05, 0.1) is 5.39 Å². The van der Waals surface area contributed by atoms with Crippen LogP contribution in [0.3, 0.4) is 0 Å². The van der Waals surface area contributed by atoms with Gasteiger partial charge in [-0.1, -0.05) is 48.0 Å². The van der Waals surface area contributed by atoms with E-state index in [1.54, 1.807) is 6.20 Å². The van der Waals surface area contributed by atoms with Crippen LogP contribution in [0.15, 0.2) is 59.5 Å². The monoisotopic (exact) mass is 235 g/mol. The summed E-state index contributed by atoms with van der Waals surface area (Å²) in [5.41, 5.74) is 3.23. The number of rotatable bonds is 1. The van der Waals surface area contributed by atoms with Crippen molar-refractivity contribution in [3.8, 4) is 11.1 Å². The van der Waals surface area contributed by atoms with Crippen LogP contribution in [0, 0.1) is 6.92 Å². The van der Waals surface area contributed by atoms with Crippen molar-refractivity contribution >= 4 is 10.8 Å². The van der Waals surface area contributed by atoms with Gasteiger partial charge in [0, 0.05) is 6.20 Å². The number of H-pyrrole nitrogens is 1. The number of pyridine rings is 1. The third-order valence-electron chi connectivity index (χ3n) is 3.16. The first-order valence-electron chi connectivity index (χ1n) is 5.93. The van der Waals surface area contributed by atoms with Crippen LogP contribution in [0.5, 0.6) is 0 Å². The molecule has 3 rings (SSSR count). The number of aromatic amines is 1. The number of hydrogen-bond donors (Lipinski definition) is 1. The van der Waals surface area contributed by atoms with Gasteiger partial charge in [0.15, 0.2) is 0 Å². The van der Waals surface area contributed by atoms with Gasteiger partial charge >= 0.3 is 0 Å². The van der Waals surface area contributed by atoms with Crippen molar-refractivity contribution in [1.82, 2.24) is 4.98 Å². The van der Waals surface area contributed by atoms with E-state index in [1.165, 1.54) is 5.56 Å². The number of hydrogen-bond acceptors (Lipinski definition) is 1. The second-order valence-corrected chi connectivity index (χ2v) is 4.44. The van der Waals surface area contributed by atoms with Crippen molar-refractivity contribution < 1.29 is 0 Å². The van der Waals surface area contributed by atoms with Gasteiger partial charge in [-0.25, -0.2) is 0 Å². The maximum Gasteiger partial charge on any atom is 0.256 e. The highest BCUT2D eigenvalue weighted by Gasteiger charge is 2.06. The van der Waals surface area contributed by atoms with Crippen molar-refractivity contribution in [1.29, 1.82) is 0 Å². The van der Waals surface area contributed by atoms with Crippen molar-refractivity contribution in [3.63, 3.8) is 0 Å². The first-order chi connectivity index (χ1) is 8.75. The quantitative estimate of drug-likeness (QED) is 0.688. The van der Waals surface area contributed by atoms with Crippen molar-refractivity contribution in [2.75, 3.05) is 0 Å². The first-order valence-corrected chi connectivity index (χ1v) is 5.93. The van der Waals surface area contributed by atoms with Crippen molar-refractivity contribution in [3.05, 3.63) is 70.6 Å². The molecule has 0 atom stereocenters. The Kier molecular flexibility index (Phi) is 2.49. The molecule has 88 valence electrons. The van der Waals surface area contributed by atoms with E-state index in [-0.39, 0.29) is 5.56 Å². The first kappa shape index (κ1) is 10.8. The van der Waals surface area contributed by atoms with E-state index in [4.69, 9.17) is 0 Å². The number of aromatic nitrogens is 1. The summed E-state index contributed by atoms with van der Waals surface area (Å²) in [5.74, 6) is 0. The predicted molar refractivity (Wildman–Crippen MR) is 74.7 cm³/mol. The highest BCUT2D eigenvalue weighted by molar-refractivity contribution is 5.95. The third kappa shape index (κ3) is 1.72. The molecule has 0 aliphatic rings. The van der Waals surface area contributed by atoms with E-state index in [0.717, 1.165) is 21.9 Å². The molecule has 0 aliphatic carbocycles. The van der Waals surface area contributed by atoms with Gasteiger partial charge in [0.1, 0.15) is 0 Å². The highest BCUT2D eigenvalue weighted by atomic mass is 16.1. The summed E-state index contributed by atoms with van der Waals surface area (Å²) >= 11 is 0. The molecular formula is C16H13NO. The predicted octanol–water partition coefficient (Wildman–Crippen LogP) is 3.50. The minimum atomic E-state index is -0.0383. The van der Waals surface area contributed by atoms with Crippen LogP contribution in [-0.4, -0.2) is 4.98 Å². The van der Waals surface area contributed by atoms with Crippen LogP contribution in [0.1, 0.15) is 5.56 Å². The van der Waals surface area contributed by atoms with E-state index < -0.39 is 0 Å². The third-order valence-corrected chi connectivity index (χ3v) is 3.16. The van der Waals surface area contributed by atoms with Crippen LogP contribution in [0.2, 0.25) is 0 Å². The Bertz CT molecular complexity index is 749. The molecule has 0 radical (unpaired) electrons. The Morgan fingerprint density at radius 3 is 2.50 bits per heavy atom. The van der Waals surface area contributed by atoms with Crippen LogP contribution in [-0.2, 0) is 0 Å². The smallest absolute Gasteiger partial charge is 0.256 e. The van der Waals surface area contributed by atoms with E-state index in [9.17, 15) is 4.79 Å². The molecule has 0 unspecified atom stereocenters. The van der Waals surface area contributed by atoms with Gasteiger partial charge in [-0.2, -0.15) is 0 Å². The molecule has 18 heavy (non-hydrogen) atoms. The molecule has 0 bridgehead atoms. The molecule has 0 saturated heterocycles. The minimum Gasteiger partial charge on any atom is -0.329 e. The standard InChI is InChI=1S/C16H13NO/c1-11-5-7-12(8-6-11)14-4-2-3-13-9-10-17-16(18)15(13)14/h2-10H,1H3,(H,17,18). The molecule has 3 aromatic rings. The molecule has 1 aromatic heterocycles. The fourth-order valence-corrected chi connectivity index (χ4v) is 2.22. The number of nitrogens with one attached hydrogen (secondary N) is 1. The molecule has 2 heteroatoms. The van der Waals surface area contributed by atoms with E-state index in [0.29, 0.717) is 0 Å². The van der Waals surface area contributed by atoms with E-state index in [1.807, 2.05) is 24.3 Å². The second kappa shape index (κ2) is 4.15. The highest BCUT2D eigenvalue weighted by Crippen LogP contribution is 2.26. The number of aryl methyl sites for hydroxylation is 1. The van der Waals surface area contributed by atoms with E-state index in [2.05, 4.69) is 36.2 Å². The fraction of sp³-hybridized carbons (Fsp3) is 0.0625. The van der Waals surface area contributed by atoms with Crippen LogP contribution >= 0.6 is 0 Å². The number of fused-ring (bicyclic) bond motifs is 1. The van der Waals surface area contributed by atoms with Crippen LogP contribution in [0.4, 0.5) is 0 Å². The summed E-state index contributed by atoms with van der Waals surface area (Å²) in [6.07, 6.45) is 1.68. The Hall–Kier alpha value is -2.35. The van der Waals surface area contributed by atoms with Gasteiger partial charge in [0.25, 0.3) is 5.56 Å². The van der Waals surface area contributed by atoms with Crippen molar-refractivity contribution in [2.45, 2.75) is 6.92 Å². The second-order valence-electron chi connectivity index (χ2n) is 4.44. The summed E-state index contributed by atoms with van der Waals surface area (Å²) < 4.78 is 0. The minimum absolute atomic E-state index is 0.0383. The molecule has 0 aliphatic heterocycles. The van der Waals surface area contributed by atoms with Crippen molar-refractivity contribution in [2.24, 2.45) is 0 Å². The van der Waals surface area contributed by atoms with Gasteiger partial charge in [-0.3, -0.25) is 4.79 Å². The van der Waals surface area contributed by atoms with Gasteiger partial charge in [-0.05, 0) is 29.5 Å². The molecule has 1 heterocycles. The SMILES string of the molecule is Cc1ccc(-c2cccc3cc[nH]c(=O)c23)cc1. The van der Waals surface area contributed by atoms with Gasteiger partial charge in [-0.15, -0.1) is 0 Å². The lowest BCUT2D eigenvalue weighted by atomic mass is 9.99. The van der Waals surface area contributed by atoms with Crippen LogP contribution < -0.4 is 5.56 Å².